The van der Waals surface area contributed by atoms with Crippen LogP contribution >= 0.6 is 0 Å². The van der Waals surface area contributed by atoms with E-state index < -0.39 is 5.91 Å². The summed E-state index contributed by atoms with van der Waals surface area (Å²) in [5, 5.41) is 0. The number of aromatic nitrogens is 2. The van der Waals surface area contributed by atoms with Gasteiger partial charge in [-0.2, -0.15) is 0 Å². The first-order valence-corrected chi connectivity index (χ1v) is 4.98. The molecule has 1 heterocycles. The molecule has 0 saturated carbocycles. The van der Waals surface area contributed by atoms with Gasteiger partial charge in [-0.25, -0.2) is 9.97 Å². The Morgan fingerprint density at radius 3 is 2.88 bits per heavy atom. The lowest BCUT2D eigenvalue weighted by Gasteiger charge is -2.04. The monoisotopic (exact) mass is 229 g/mol. The Balaban J connectivity index is 2.45. The van der Waals surface area contributed by atoms with Crippen LogP contribution in [0.1, 0.15) is 10.6 Å². The van der Waals surface area contributed by atoms with Crippen LogP contribution in [0.4, 0.5) is 0 Å². The van der Waals surface area contributed by atoms with Gasteiger partial charge in [0.05, 0.1) is 12.8 Å². The van der Waals surface area contributed by atoms with Crippen LogP contribution < -0.4 is 10.5 Å². The fourth-order valence-corrected chi connectivity index (χ4v) is 1.42. The number of hydrogen-bond donors (Lipinski definition) is 1. The highest BCUT2D eigenvalue weighted by Crippen LogP contribution is 2.21. The van der Waals surface area contributed by atoms with Gasteiger partial charge in [-0.1, -0.05) is 12.1 Å². The molecule has 86 valence electrons. The van der Waals surface area contributed by atoms with E-state index in [4.69, 9.17) is 10.5 Å². The van der Waals surface area contributed by atoms with Crippen molar-refractivity contribution in [1.29, 1.82) is 0 Å². The van der Waals surface area contributed by atoms with E-state index in [9.17, 15) is 4.79 Å². The number of benzene rings is 1. The SMILES string of the molecule is COc1cccc(-c2ccnc(C(N)=O)n2)c1. The van der Waals surface area contributed by atoms with E-state index in [-0.39, 0.29) is 5.82 Å². The molecule has 0 fully saturated rings. The Bertz CT molecular complexity index is 555. The lowest BCUT2D eigenvalue weighted by Crippen LogP contribution is -2.15. The summed E-state index contributed by atoms with van der Waals surface area (Å²) in [4.78, 5) is 18.8. The van der Waals surface area contributed by atoms with Gasteiger partial charge in [0.2, 0.25) is 5.82 Å². The Morgan fingerprint density at radius 1 is 1.35 bits per heavy atom. The van der Waals surface area contributed by atoms with Crippen LogP contribution in [0.25, 0.3) is 11.3 Å². The van der Waals surface area contributed by atoms with Crippen LogP contribution in [-0.4, -0.2) is 23.0 Å². The third kappa shape index (κ3) is 2.39. The van der Waals surface area contributed by atoms with Gasteiger partial charge >= 0.3 is 0 Å². The number of carbonyl (C=O) groups excluding carboxylic acids is 1. The van der Waals surface area contributed by atoms with Gasteiger partial charge in [-0.15, -0.1) is 0 Å². The average Bonchev–Trinajstić information content (AvgIpc) is 2.39. The van der Waals surface area contributed by atoms with Crippen molar-refractivity contribution in [2.24, 2.45) is 5.73 Å². The van der Waals surface area contributed by atoms with Crippen LogP contribution in [0.2, 0.25) is 0 Å². The topological polar surface area (TPSA) is 78.1 Å². The number of primary amides is 1. The average molecular weight is 229 g/mol. The second-order valence-electron chi connectivity index (χ2n) is 3.36. The molecule has 5 nitrogen and oxygen atoms in total. The minimum absolute atomic E-state index is 0.00493. The van der Waals surface area contributed by atoms with Crippen LogP contribution in [0.15, 0.2) is 36.5 Å². The van der Waals surface area contributed by atoms with Gasteiger partial charge in [0.15, 0.2) is 0 Å². The van der Waals surface area contributed by atoms with Crippen molar-refractivity contribution >= 4 is 5.91 Å². The van der Waals surface area contributed by atoms with Crippen LogP contribution in [0, 0.1) is 0 Å². The van der Waals surface area contributed by atoms with Crippen molar-refractivity contribution in [2.75, 3.05) is 7.11 Å². The largest absolute Gasteiger partial charge is 0.497 e. The van der Waals surface area contributed by atoms with E-state index in [2.05, 4.69) is 9.97 Å². The maximum atomic E-state index is 11.0. The number of nitrogens with zero attached hydrogens (tertiary/aromatic N) is 2. The molecule has 1 aromatic carbocycles. The second kappa shape index (κ2) is 4.61. The smallest absolute Gasteiger partial charge is 0.286 e. The zero-order valence-electron chi connectivity index (χ0n) is 9.25. The quantitative estimate of drug-likeness (QED) is 0.859. The van der Waals surface area contributed by atoms with E-state index in [0.29, 0.717) is 5.69 Å². The van der Waals surface area contributed by atoms with Crippen molar-refractivity contribution in [1.82, 2.24) is 9.97 Å². The summed E-state index contributed by atoms with van der Waals surface area (Å²) in [5.74, 6) is 0.0850. The Hall–Kier alpha value is -2.43. The number of ether oxygens (including phenoxy) is 1. The van der Waals surface area contributed by atoms with Crippen molar-refractivity contribution < 1.29 is 9.53 Å². The molecule has 0 radical (unpaired) electrons. The third-order valence-corrected chi connectivity index (χ3v) is 2.24. The zero-order valence-corrected chi connectivity index (χ0v) is 9.25. The first-order chi connectivity index (χ1) is 8.20. The standard InChI is InChI=1S/C12H11N3O2/c1-17-9-4-2-3-8(7-9)10-5-6-14-12(15-10)11(13)16/h2-7H,1H3,(H2,13,16). The molecule has 17 heavy (non-hydrogen) atoms. The highest BCUT2D eigenvalue weighted by Gasteiger charge is 2.06. The number of hydrogen-bond acceptors (Lipinski definition) is 4. The summed E-state index contributed by atoms with van der Waals surface area (Å²) in [7, 11) is 1.59. The minimum Gasteiger partial charge on any atom is -0.497 e. The van der Waals surface area contributed by atoms with E-state index in [0.717, 1.165) is 11.3 Å². The molecule has 2 N–H and O–H groups in total. The van der Waals surface area contributed by atoms with Gasteiger partial charge in [0, 0.05) is 11.8 Å². The summed E-state index contributed by atoms with van der Waals surface area (Å²) in [6.07, 6.45) is 1.50. The van der Waals surface area contributed by atoms with Gasteiger partial charge in [0.25, 0.3) is 5.91 Å². The molecular formula is C12H11N3O2. The van der Waals surface area contributed by atoms with E-state index >= 15 is 0 Å². The lowest BCUT2D eigenvalue weighted by molar-refractivity contribution is 0.0990. The van der Waals surface area contributed by atoms with E-state index in [1.54, 1.807) is 13.2 Å². The Kier molecular flexibility index (Phi) is 3.00. The molecule has 1 amide bonds. The number of methoxy groups -OCH3 is 1. The molecular weight excluding hydrogens is 218 g/mol. The molecule has 0 saturated heterocycles. The molecule has 0 spiro atoms. The van der Waals surface area contributed by atoms with Crippen LogP contribution in [0.3, 0.4) is 0 Å². The third-order valence-electron chi connectivity index (χ3n) is 2.24. The van der Waals surface area contributed by atoms with Crippen molar-refractivity contribution in [3.63, 3.8) is 0 Å². The fraction of sp³-hybridized carbons (Fsp3) is 0.0833. The molecule has 0 bridgehead atoms. The maximum absolute atomic E-state index is 11.0. The predicted molar refractivity (Wildman–Crippen MR) is 62.5 cm³/mol. The minimum atomic E-state index is -0.644. The summed E-state index contributed by atoms with van der Waals surface area (Å²) >= 11 is 0. The fourth-order valence-electron chi connectivity index (χ4n) is 1.42. The number of rotatable bonds is 3. The Morgan fingerprint density at radius 2 is 2.18 bits per heavy atom. The number of amides is 1. The number of carbonyl (C=O) groups is 1. The first kappa shape index (κ1) is 11.1. The van der Waals surface area contributed by atoms with Gasteiger partial charge in [-0.05, 0) is 18.2 Å². The molecule has 0 atom stereocenters. The Labute approximate surface area is 98.3 Å². The van der Waals surface area contributed by atoms with E-state index in [1.807, 2.05) is 24.3 Å². The molecule has 5 heteroatoms. The summed E-state index contributed by atoms with van der Waals surface area (Å²) in [6, 6.07) is 9.09. The summed E-state index contributed by atoms with van der Waals surface area (Å²) in [6.45, 7) is 0. The van der Waals surface area contributed by atoms with Gasteiger partial charge < -0.3 is 10.5 Å². The highest BCUT2D eigenvalue weighted by atomic mass is 16.5. The second-order valence-corrected chi connectivity index (χ2v) is 3.36. The molecule has 2 aromatic rings. The van der Waals surface area contributed by atoms with Crippen LogP contribution in [0.5, 0.6) is 5.75 Å². The molecule has 0 aliphatic rings. The number of nitrogens with two attached hydrogens (primary N) is 1. The predicted octanol–water partition coefficient (Wildman–Crippen LogP) is 1.25. The van der Waals surface area contributed by atoms with Crippen LogP contribution in [-0.2, 0) is 0 Å². The zero-order chi connectivity index (χ0) is 12.3. The molecule has 0 aliphatic heterocycles. The molecule has 1 aromatic heterocycles. The summed E-state index contributed by atoms with van der Waals surface area (Å²) < 4.78 is 5.12. The normalized spacial score (nSPS) is 9.94. The van der Waals surface area contributed by atoms with Gasteiger partial charge in [-0.3, -0.25) is 4.79 Å². The van der Waals surface area contributed by atoms with Crippen molar-refractivity contribution in [3.8, 4) is 17.0 Å². The lowest BCUT2D eigenvalue weighted by atomic mass is 10.1. The van der Waals surface area contributed by atoms with Crippen molar-refractivity contribution in [2.45, 2.75) is 0 Å². The molecule has 0 aliphatic carbocycles. The maximum Gasteiger partial charge on any atom is 0.286 e. The summed E-state index contributed by atoms with van der Waals surface area (Å²) in [5.41, 5.74) is 6.60. The first-order valence-electron chi connectivity index (χ1n) is 4.98. The molecule has 0 unspecified atom stereocenters. The van der Waals surface area contributed by atoms with Gasteiger partial charge in [0.1, 0.15) is 5.75 Å². The highest BCUT2D eigenvalue weighted by molar-refractivity contribution is 5.89. The molecule has 2 rings (SSSR count). The van der Waals surface area contributed by atoms with E-state index in [1.165, 1.54) is 6.20 Å². The van der Waals surface area contributed by atoms with Crippen molar-refractivity contribution in [3.05, 3.63) is 42.4 Å².